The number of Topliss-reactive ketones (excluding diaryl/α,β-unsaturated/α-hetero) is 1. The SMILES string of the molecule is Cc1ccc2nc(C)c(C(=O)C(C#N)C(=O)NCCCOC(C)C)cc2c1. The lowest BCUT2D eigenvalue weighted by Crippen LogP contribution is -2.36. The van der Waals surface area contributed by atoms with Crippen molar-refractivity contribution < 1.29 is 14.3 Å². The second-order valence-corrected chi connectivity index (χ2v) is 6.81. The third-order valence-electron chi connectivity index (χ3n) is 4.15. The summed E-state index contributed by atoms with van der Waals surface area (Å²) in [6.45, 7) is 8.40. The third kappa shape index (κ3) is 5.35. The Bertz CT molecular complexity index is 884. The number of nitriles is 1. The first kappa shape index (κ1) is 20.5. The molecule has 1 N–H and O–H groups in total. The highest BCUT2D eigenvalue weighted by Crippen LogP contribution is 2.20. The minimum Gasteiger partial charge on any atom is -0.379 e. The number of rotatable bonds is 8. The summed E-state index contributed by atoms with van der Waals surface area (Å²) < 4.78 is 5.40. The van der Waals surface area contributed by atoms with Crippen molar-refractivity contribution in [3.8, 4) is 6.07 Å². The van der Waals surface area contributed by atoms with E-state index in [4.69, 9.17) is 4.74 Å². The Morgan fingerprint density at radius 3 is 2.67 bits per heavy atom. The van der Waals surface area contributed by atoms with Gasteiger partial charge in [-0.25, -0.2) is 0 Å². The first-order chi connectivity index (χ1) is 12.8. The van der Waals surface area contributed by atoms with Crippen LogP contribution >= 0.6 is 0 Å². The number of nitrogens with one attached hydrogen (secondary N) is 1. The number of pyridine rings is 1. The molecule has 0 saturated carbocycles. The zero-order chi connectivity index (χ0) is 20.0. The van der Waals surface area contributed by atoms with E-state index in [1.165, 1.54) is 0 Å². The van der Waals surface area contributed by atoms with Gasteiger partial charge in [0, 0.05) is 29.8 Å². The largest absolute Gasteiger partial charge is 0.379 e. The number of benzene rings is 1. The monoisotopic (exact) mass is 367 g/mol. The van der Waals surface area contributed by atoms with Crippen LogP contribution in [-0.4, -0.2) is 35.9 Å². The van der Waals surface area contributed by atoms with Gasteiger partial charge in [-0.2, -0.15) is 5.26 Å². The summed E-state index contributed by atoms with van der Waals surface area (Å²) >= 11 is 0. The standard InChI is InChI=1S/C21H25N3O3/c1-13(2)27-9-5-8-23-21(26)18(12-22)20(25)17-11-16-10-14(3)6-7-19(16)24-15(17)4/h6-7,10-11,13,18H,5,8-9H2,1-4H3,(H,23,26). The van der Waals surface area contributed by atoms with Gasteiger partial charge in [-0.05, 0) is 52.3 Å². The van der Waals surface area contributed by atoms with Crippen LogP contribution < -0.4 is 5.32 Å². The Balaban J connectivity index is 2.12. The first-order valence-electron chi connectivity index (χ1n) is 9.04. The van der Waals surface area contributed by atoms with Crippen LogP contribution in [-0.2, 0) is 9.53 Å². The van der Waals surface area contributed by atoms with Crippen LogP contribution in [0.5, 0.6) is 0 Å². The van der Waals surface area contributed by atoms with E-state index < -0.39 is 17.6 Å². The smallest absolute Gasteiger partial charge is 0.245 e. The maximum Gasteiger partial charge on any atom is 0.245 e. The summed E-state index contributed by atoms with van der Waals surface area (Å²) in [4.78, 5) is 29.5. The lowest BCUT2D eigenvalue weighted by molar-refractivity contribution is -0.122. The van der Waals surface area contributed by atoms with Crippen molar-refractivity contribution in [3.63, 3.8) is 0 Å². The highest BCUT2D eigenvalue weighted by Gasteiger charge is 2.29. The summed E-state index contributed by atoms with van der Waals surface area (Å²) in [6, 6.07) is 9.30. The fourth-order valence-electron chi connectivity index (χ4n) is 2.74. The lowest BCUT2D eigenvalue weighted by atomic mass is 9.95. The van der Waals surface area contributed by atoms with E-state index in [-0.39, 0.29) is 6.10 Å². The fraction of sp³-hybridized carbons (Fsp3) is 0.429. The molecule has 0 aliphatic heterocycles. The highest BCUT2D eigenvalue weighted by atomic mass is 16.5. The van der Waals surface area contributed by atoms with Gasteiger partial charge in [-0.3, -0.25) is 14.6 Å². The molecule has 1 aromatic heterocycles. The Labute approximate surface area is 159 Å². The maximum absolute atomic E-state index is 12.8. The summed E-state index contributed by atoms with van der Waals surface area (Å²) in [7, 11) is 0. The molecule has 2 aromatic rings. The normalized spacial score (nSPS) is 12.0. The Kier molecular flexibility index (Phi) is 7.03. The van der Waals surface area contributed by atoms with Gasteiger partial charge in [0.25, 0.3) is 0 Å². The number of carbonyl (C=O) groups excluding carboxylic acids is 2. The van der Waals surface area contributed by atoms with Gasteiger partial charge < -0.3 is 10.1 Å². The highest BCUT2D eigenvalue weighted by molar-refractivity contribution is 6.13. The molecular weight excluding hydrogens is 342 g/mol. The lowest BCUT2D eigenvalue weighted by Gasteiger charge is -2.12. The van der Waals surface area contributed by atoms with E-state index in [1.54, 1.807) is 13.0 Å². The predicted molar refractivity (Wildman–Crippen MR) is 103 cm³/mol. The van der Waals surface area contributed by atoms with E-state index in [0.717, 1.165) is 16.5 Å². The molecular formula is C21H25N3O3. The van der Waals surface area contributed by atoms with Gasteiger partial charge in [-0.15, -0.1) is 0 Å². The number of hydrogen-bond acceptors (Lipinski definition) is 5. The molecule has 2 rings (SSSR count). The maximum atomic E-state index is 12.8. The van der Waals surface area contributed by atoms with Gasteiger partial charge >= 0.3 is 0 Å². The minimum absolute atomic E-state index is 0.126. The Hall–Kier alpha value is -2.78. The zero-order valence-corrected chi connectivity index (χ0v) is 16.2. The van der Waals surface area contributed by atoms with E-state index in [2.05, 4.69) is 10.3 Å². The molecule has 142 valence electrons. The zero-order valence-electron chi connectivity index (χ0n) is 16.2. The number of fused-ring (bicyclic) bond motifs is 1. The molecule has 1 heterocycles. The fourth-order valence-corrected chi connectivity index (χ4v) is 2.74. The Morgan fingerprint density at radius 1 is 1.26 bits per heavy atom. The van der Waals surface area contributed by atoms with Crippen LogP contribution in [0, 0.1) is 31.1 Å². The molecule has 0 aliphatic rings. The first-order valence-corrected chi connectivity index (χ1v) is 9.04. The van der Waals surface area contributed by atoms with E-state index in [1.807, 2.05) is 45.0 Å². The average molecular weight is 367 g/mol. The predicted octanol–water partition coefficient (Wildman–Crippen LogP) is 3.11. The van der Waals surface area contributed by atoms with Crippen molar-refractivity contribution in [2.45, 2.75) is 40.2 Å². The Morgan fingerprint density at radius 2 is 2.00 bits per heavy atom. The van der Waals surface area contributed by atoms with Crippen molar-refractivity contribution >= 4 is 22.6 Å². The topological polar surface area (TPSA) is 92.1 Å². The number of aromatic nitrogens is 1. The van der Waals surface area contributed by atoms with Crippen LogP contribution in [0.4, 0.5) is 0 Å². The molecule has 0 fully saturated rings. The minimum atomic E-state index is -1.39. The number of nitrogens with zero attached hydrogens (tertiary/aromatic N) is 2. The molecule has 0 spiro atoms. The number of hydrogen-bond donors (Lipinski definition) is 1. The molecule has 0 radical (unpaired) electrons. The molecule has 1 amide bonds. The van der Waals surface area contributed by atoms with Crippen molar-refractivity contribution in [1.29, 1.82) is 5.26 Å². The van der Waals surface area contributed by atoms with Crippen molar-refractivity contribution in [1.82, 2.24) is 10.3 Å². The van der Waals surface area contributed by atoms with Crippen molar-refractivity contribution in [2.24, 2.45) is 5.92 Å². The summed E-state index contributed by atoms with van der Waals surface area (Å²) in [5.41, 5.74) is 2.63. The molecule has 0 bridgehead atoms. The van der Waals surface area contributed by atoms with Gasteiger partial charge in [0.05, 0.1) is 17.7 Å². The number of amides is 1. The van der Waals surface area contributed by atoms with Crippen LogP contribution in [0.15, 0.2) is 24.3 Å². The quantitative estimate of drug-likeness (QED) is 0.440. The number of carbonyl (C=O) groups is 2. The number of ether oxygens (including phenoxy) is 1. The van der Waals surface area contributed by atoms with E-state index in [9.17, 15) is 14.9 Å². The van der Waals surface area contributed by atoms with Crippen molar-refractivity contribution in [3.05, 3.63) is 41.1 Å². The molecule has 0 saturated heterocycles. The van der Waals surface area contributed by atoms with Gasteiger partial charge in [-0.1, -0.05) is 11.6 Å². The molecule has 0 aliphatic carbocycles. The molecule has 6 nitrogen and oxygen atoms in total. The summed E-state index contributed by atoms with van der Waals surface area (Å²) in [5, 5.41) is 12.8. The average Bonchev–Trinajstić information content (AvgIpc) is 2.61. The van der Waals surface area contributed by atoms with Crippen LogP contribution in [0.2, 0.25) is 0 Å². The second kappa shape index (κ2) is 9.24. The van der Waals surface area contributed by atoms with E-state index in [0.29, 0.717) is 30.8 Å². The van der Waals surface area contributed by atoms with Crippen LogP contribution in [0.1, 0.15) is 41.9 Å². The van der Waals surface area contributed by atoms with Gasteiger partial charge in [0.2, 0.25) is 5.91 Å². The van der Waals surface area contributed by atoms with Gasteiger partial charge in [0.15, 0.2) is 11.7 Å². The molecule has 1 aromatic carbocycles. The molecule has 1 atom stereocenters. The molecule has 27 heavy (non-hydrogen) atoms. The van der Waals surface area contributed by atoms with Crippen LogP contribution in [0.3, 0.4) is 0 Å². The molecule has 1 unspecified atom stereocenters. The number of aryl methyl sites for hydroxylation is 2. The van der Waals surface area contributed by atoms with E-state index >= 15 is 0 Å². The summed E-state index contributed by atoms with van der Waals surface area (Å²) in [6.07, 6.45) is 0.743. The third-order valence-corrected chi connectivity index (χ3v) is 4.15. The second-order valence-electron chi connectivity index (χ2n) is 6.81. The van der Waals surface area contributed by atoms with Crippen molar-refractivity contribution in [2.75, 3.05) is 13.2 Å². The van der Waals surface area contributed by atoms with Crippen LogP contribution in [0.25, 0.3) is 10.9 Å². The number of ketones is 1. The summed E-state index contributed by atoms with van der Waals surface area (Å²) in [5.74, 6) is -2.50. The van der Waals surface area contributed by atoms with Gasteiger partial charge in [0.1, 0.15) is 0 Å². The molecule has 6 heteroatoms.